The van der Waals surface area contributed by atoms with Crippen LogP contribution in [-0.4, -0.2) is 16.8 Å². The van der Waals surface area contributed by atoms with E-state index in [1.807, 2.05) is 25.1 Å². The van der Waals surface area contributed by atoms with E-state index in [9.17, 15) is 4.79 Å². The van der Waals surface area contributed by atoms with E-state index in [0.717, 1.165) is 17.0 Å². The zero-order chi connectivity index (χ0) is 16.2. The molecule has 0 amide bonds. The molecule has 0 aliphatic carbocycles. The molecule has 0 fully saturated rings. The second-order valence-electron chi connectivity index (χ2n) is 5.25. The molecule has 0 saturated heterocycles. The van der Waals surface area contributed by atoms with Gasteiger partial charge in [-0.15, -0.1) is 0 Å². The Kier molecular flexibility index (Phi) is 4.06. The molecule has 23 heavy (non-hydrogen) atoms. The van der Waals surface area contributed by atoms with E-state index in [-0.39, 0.29) is 5.56 Å². The molecule has 114 valence electrons. The van der Waals surface area contributed by atoms with Crippen molar-refractivity contribution in [2.45, 2.75) is 6.92 Å². The fourth-order valence-electron chi connectivity index (χ4n) is 2.31. The van der Waals surface area contributed by atoms with Gasteiger partial charge in [-0.3, -0.25) is 5.43 Å². The smallest absolute Gasteiger partial charge is 0.335 e. The van der Waals surface area contributed by atoms with E-state index < -0.39 is 5.97 Å². The number of hydrazone groups is 1. The number of rotatable bonds is 4. The highest BCUT2D eigenvalue weighted by Crippen LogP contribution is 2.16. The van der Waals surface area contributed by atoms with Crippen LogP contribution in [0.15, 0.2) is 71.8 Å². The summed E-state index contributed by atoms with van der Waals surface area (Å²) in [6.07, 6.45) is 0. The molecule has 0 aliphatic heterocycles. The Balaban J connectivity index is 1.79. The third-order valence-corrected chi connectivity index (χ3v) is 3.65. The Morgan fingerprint density at radius 1 is 0.913 bits per heavy atom. The van der Waals surface area contributed by atoms with Gasteiger partial charge in [0.1, 0.15) is 0 Å². The summed E-state index contributed by atoms with van der Waals surface area (Å²) in [4.78, 5) is 10.8. The van der Waals surface area contributed by atoms with Crippen LogP contribution in [0, 0.1) is 0 Å². The number of anilines is 1. The minimum absolute atomic E-state index is 0.255. The van der Waals surface area contributed by atoms with Crippen LogP contribution in [0.4, 0.5) is 5.69 Å². The summed E-state index contributed by atoms with van der Waals surface area (Å²) >= 11 is 0. The molecule has 4 heteroatoms. The Morgan fingerprint density at radius 3 is 2.26 bits per heavy atom. The maximum atomic E-state index is 10.8. The van der Waals surface area contributed by atoms with E-state index in [0.29, 0.717) is 0 Å². The molecule has 0 heterocycles. The lowest BCUT2D eigenvalue weighted by Gasteiger charge is -2.05. The zero-order valence-corrected chi connectivity index (χ0v) is 12.7. The van der Waals surface area contributed by atoms with Gasteiger partial charge in [0.05, 0.1) is 17.0 Å². The van der Waals surface area contributed by atoms with Crippen molar-refractivity contribution in [1.29, 1.82) is 0 Å². The summed E-state index contributed by atoms with van der Waals surface area (Å²) in [5.74, 6) is -0.938. The van der Waals surface area contributed by atoms with Crippen molar-refractivity contribution >= 4 is 28.1 Å². The van der Waals surface area contributed by atoms with Gasteiger partial charge in [0.15, 0.2) is 0 Å². The first-order valence-electron chi connectivity index (χ1n) is 7.26. The molecule has 0 bridgehead atoms. The minimum atomic E-state index is -0.938. The van der Waals surface area contributed by atoms with Gasteiger partial charge in [-0.2, -0.15) is 5.10 Å². The van der Waals surface area contributed by atoms with Crippen molar-refractivity contribution in [2.24, 2.45) is 5.10 Å². The average Bonchev–Trinajstić information content (AvgIpc) is 2.59. The molecule has 0 saturated carbocycles. The normalized spacial score (nSPS) is 11.4. The summed E-state index contributed by atoms with van der Waals surface area (Å²) in [6.45, 7) is 1.93. The summed E-state index contributed by atoms with van der Waals surface area (Å²) in [5, 5.41) is 15.6. The second-order valence-corrected chi connectivity index (χ2v) is 5.25. The number of nitrogens with one attached hydrogen (secondary N) is 1. The molecule has 4 nitrogen and oxygen atoms in total. The Morgan fingerprint density at radius 2 is 1.57 bits per heavy atom. The fourth-order valence-corrected chi connectivity index (χ4v) is 2.31. The van der Waals surface area contributed by atoms with Crippen LogP contribution in [0.3, 0.4) is 0 Å². The number of aromatic carboxylic acids is 1. The van der Waals surface area contributed by atoms with Gasteiger partial charge in [-0.1, -0.05) is 36.4 Å². The Hall–Kier alpha value is -3.14. The van der Waals surface area contributed by atoms with Crippen LogP contribution >= 0.6 is 0 Å². The lowest BCUT2D eigenvalue weighted by atomic mass is 10.0. The summed E-state index contributed by atoms with van der Waals surface area (Å²) in [6, 6.07) is 20.9. The monoisotopic (exact) mass is 304 g/mol. The molecule has 0 atom stereocenters. The van der Waals surface area contributed by atoms with Crippen molar-refractivity contribution in [3.05, 3.63) is 77.9 Å². The topological polar surface area (TPSA) is 61.7 Å². The van der Waals surface area contributed by atoms with Crippen molar-refractivity contribution in [3.63, 3.8) is 0 Å². The van der Waals surface area contributed by atoms with Crippen LogP contribution in [0.2, 0.25) is 0 Å². The summed E-state index contributed by atoms with van der Waals surface area (Å²) in [5.41, 5.74) is 5.85. The fraction of sp³-hybridized carbons (Fsp3) is 0.0526. The van der Waals surface area contributed by atoms with Crippen molar-refractivity contribution in [2.75, 3.05) is 5.43 Å². The van der Waals surface area contributed by atoms with Gasteiger partial charge < -0.3 is 5.11 Å². The van der Waals surface area contributed by atoms with Gasteiger partial charge >= 0.3 is 5.97 Å². The first-order valence-corrected chi connectivity index (χ1v) is 7.26. The number of carboxylic acid groups (broad SMARTS) is 1. The van der Waals surface area contributed by atoms with E-state index in [2.05, 4.69) is 34.8 Å². The quantitative estimate of drug-likeness (QED) is 0.555. The van der Waals surface area contributed by atoms with Crippen LogP contribution in [-0.2, 0) is 0 Å². The molecule has 3 aromatic carbocycles. The van der Waals surface area contributed by atoms with E-state index in [4.69, 9.17) is 5.11 Å². The molecular formula is C19H16N2O2. The zero-order valence-electron chi connectivity index (χ0n) is 12.7. The molecule has 2 N–H and O–H groups in total. The lowest BCUT2D eigenvalue weighted by Crippen LogP contribution is -2.00. The van der Waals surface area contributed by atoms with Crippen molar-refractivity contribution < 1.29 is 9.90 Å². The minimum Gasteiger partial charge on any atom is -0.478 e. The van der Waals surface area contributed by atoms with Crippen molar-refractivity contribution in [3.8, 4) is 0 Å². The standard InChI is InChI=1S/C19H16N2O2/c1-13(16-7-6-14-4-2-3-5-17(14)12-16)20-21-18-10-8-15(9-11-18)19(22)23/h2-12,21H,1H3,(H,22,23)/b20-13-. The average molecular weight is 304 g/mol. The molecule has 0 spiro atoms. The van der Waals surface area contributed by atoms with Crippen LogP contribution in [0.25, 0.3) is 10.8 Å². The number of hydrogen-bond acceptors (Lipinski definition) is 3. The third-order valence-electron chi connectivity index (χ3n) is 3.65. The predicted molar refractivity (Wildman–Crippen MR) is 93.2 cm³/mol. The molecule has 0 unspecified atom stereocenters. The maximum absolute atomic E-state index is 10.8. The third kappa shape index (κ3) is 3.37. The number of hydrogen-bond donors (Lipinski definition) is 2. The number of carboxylic acids is 1. The van der Waals surface area contributed by atoms with E-state index in [1.54, 1.807) is 24.3 Å². The first kappa shape index (κ1) is 14.8. The highest BCUT2D eigenvalue weighted by molar-refractivity contribution is 6.02. The molecular weight excluding hydrogens is 288 g/mol. The van der Waals surface area contributed by atoms with Crippen LogP contribution < -0.4 is 5.43 Å². The van der Waals surface area contributed by atoms with Crippen LogP contribution in [0.5, 0.6) is 0 Å². The Bertz CT molecular complexity index is 883. The van der Waals surface area contributed by atoms with Gasteiger partial charge in [-0.05, 0) is 53.6 Å². The number of benzene rings is 3. The lowest BCUT2D eigenvalue weighted by molar-refractivity contribution is 0.0697. The van der Waals surface area contributed by atoms with Gasteiger partial charge in [0.25, 0.3) is 0 Å². The van der Waals surface area contributed by atoms with Gasteiger partial charge in [0, 0.05) is 0 Å². The van der Waals surface area contributed by atoms with Gasteiger partial charge in [0.2, 0.25) is 0 Å². The number of fused-ring (bicyclic) bond motifs is 1. The molecule has 3 rings (SSSR count). The highest BCUT2D eigenvalue weighted by atomic mass is 16.4. The van der Waals surface area contributed by atoms with E-state index >= 15 is 0 Å². The highest BCUT2D eigenvalue weighted by Gasteiger charge is 2.02. The van der Waals surface area contributed by atoms with E-state index in [1.165, 1.54) is 10.8 Å². The summed E-state index contributed by atoms with van der Waals surface area (Å²) in [7, 11) is 0. The van der Waals surface area contributed by atoms with Crippen LogP contribution in [0.1, 0.15) is 22.8 Å². The molecule has 0 radical (unpaired) electrons. The molecule has 0 aliphatic rings. The second kappa shape index (κ2) is 6.32. The van der Waals surface area contributed by atoms with Gasteiger partial charge in [-0.25, -0.2) is 4.79 Å². The largest absolute Gasteiger partial charge is 0.478 e. The first-order chi connectivity index (χ1) is 11.1. The maximum Gasteiger partial charge on any atom is 0.335 e. The predicted octanol–water partition coefficient (Wildman–Crippen LogP) is 4.37. The molecule has 0 aromatic heterocycles. The SMILES string of the molecule is C/C(=N/Nc1ccc(C(=O)O)cc1)c1ccc2ccccc2c1. The number of carbonyl (C=O) groups is 1. The van der Waals surface area contributed by atoms with Crippen molar-refractivity contribution in [1.82, 2.24) is 0 Å². The molecule has 3 aromatic rings. The number of nitrogens with zero attached hydrogens (tertiary/aromatic N) is 1. The summed E-state index contributed by atoms with van der Waals surface area (Å²) < 4.78 is 0. The Labute approximate surface area is 134 Å².